The molecule has 0 aliphatic rings. The van der Waals surface area contributed by atoms with Gasteiger partial charge >= 0.3 is 6.03 Å². The highest BCUT2D eigenvalue weighted by atomic mass is 16.5. The van der Waals surface area contributed by atoms with Crippen LogP contribution in [-0.4, -0.2) is 38.2 Å². The van der Waals surface area contributed by atoms with E-state index in [-0.39, 0.29) is 6.03 Å². The zero-order chi connectivity index (χ0) is 15.1. The number of ether oxygens (including phenoxy) is 2. The molecule has 0 fully saturated rings. The molecule has 0 aliphatic heterocycles. The highest BCUT2D eigenvalue weighted by molar-refractivity contribution is 5.90. The lowest BCUT2D eigenvalue weighted by Gasteiger charge is -2.21. The molecule has 5 heteroatoms. The third-order valence-electron chi connectivity index (χ3n) is 2.73. The van der Waals surface area contributed by atoms with Gasteiger partial charge in [0.2, 0.25) is 0 Å². The number of nitrogens with one attached hydrogen (secondary N) is 1. The van der Waals surface area contributed by atoms with Crippen LogP contribution in [0.2, 0.25) is 0 Å². The van der Waals surface area contributed by atoms with Crippen LogP contribution in [0.15, 0.2) is 30.4 Å². The zero-order valence-corrected chi connectivity index (χ0v) is 12.5. The number of methoxy groups -OCH3 is 2. The van der Waals surface area contributed by atoms with Crippen molar-refractivity contribution in [1.82, 2.24) is 4.90 Å². The molecule has 0 heterocycles. The number of hydrogen-bond acceptors (Lipinski definition) is 3. The molecule has 0 atom stereocenters. The van der Waals surface area contributed by atoms with Crippen LogP contribution in [0.5, 0.6) is 11.5 Å². The van der Waals surface area contributed by atoms with Crippen LogP contribution in [0.25, 0.3) is 0 Å². The van der Waals surface area contributed by atoms with Gasteiger partial charge in [0.1, 0.15) is 11.5 Å². The number of carbonyl (C=O) groups excluding carboxylic acids is 1. The van der Waals surface area contributed by atoms with Gasteiger partial charge in [-0.3, -0.25) is 0 Å². The Morgan fingerprint density at radius 3 is 2.20 bits per heavy atom. The molecule has 1 aromatic rings. The van der Waals surface area contributed by atoms with Gasteiger partial charge in [0, 0.05) is 37.0 Å². The third kappa shape index (κ3) is 4.50. The van der Waals surface area contributed by atoms with Gasteiger partial charge in [-0.2, -0.15) is 0 Å². The molecule has 1 N–H and O–H groups in total. The highest BCUT2D eigenvalue weighted by Crippen LogP contribution is 2.25. The van der Waals surface area contributed by atoms with Crippen LogP contribution in [0.1, 0.15) is 13.8 Å². The summed E-state index contributed by atoms with van der Waals surface area (Å²) in [7, 11) is 3.14. The Bertz CT molecular complexity index is 464. The first-order chi connectivity index (χ1) is 9.49. The molecule has 0 aromatic heterocycles. The molecule has 0 spiro atoms. The predicted octanol–water partition coefficient (Wildman–Crippen LogP) is 3.13. The maximum atomic E-state index is 12.2. The third-order valence-corrected chi connectivity index (χ3v) is 2.73. The van der Waals surface area contributed by atoms with E-state index in [0.717, 1.165) is 5.57 Å². The quantitative estimate of drug-likeness (QED) is 0.813. The van der Waals surface area contributed by atoms with E-state index in [0.29, 0.717) is 30.3 Å². The highest BCUT2D eigenvalue weighted by Gasteiger charge is 2.12. The molecule has 1 rings (SSSR count). The lowest BCUT2D eigenvalue weighted by atomic mass is 10.2. The monoisotopic (exact) mass is 278 g/mol. The maximum absolute atomic E-state index is 12.2. The molecule has 20 heavy (non-hydrogen) atoms. The van der Waals surface area contributed by atoms with Crippen molar-refractivity contribution in [3.8, 4) is 11.5 Å². The van der Waals surface area contributed by atoms with Gasteiger partial charge in [0.25, 0.3) is 0 Å². The van der Waals surface area contributed by atoms with Crippen molar-refractivity contribution in [2.75, 3.05) is 32.6 Å². The molecule has 0 saturated heterocycles. The van der Waals surface area contributed by atoms with Crippen LogP contribution in [-0.2, 0) is 0 Å². The van der Waals surface area contributed by atoms with Gasteiger partial charge < -0.3 is 19.7 Å². The van der Waals surface area contributed by atoms with E-state index in [1.165, 1.54) is 0 Å². The summed E-state index contributed by atoms with van der Waals surface area (Å²) in [6.45, 7) is 8.79. The van der Waals surface area contributed by atoms with Crippen LogP contribution in [0.4, 0.5) is 10.5 Å². The summed E-state index contributed by atoms with van der Waals surface area (Å²) in [5.41, 5.74) is 1.57. The van der Waals surface area contributed by atoms with E-state index in [1.54, 1.807) is 37.3 Å². The Morgan fingerprint density at radius 2 is 1.80 bits per heavy atom. The van der Waals surface area contributed by atoms with Crippen LogP contribution in [0, 0.1) is 0 Å². The number of carbonyl (C=O) groups is 1. The summed E-state index contributed by atoms with van der Waals surface area (Å²) < 4.78 is 10.3. The van der Waals surface area contributed by atoms with Crippen molar-refractivity contribution < 1.29 is 14.3 Å². The SMILES string of the molecule is C=C(C)CN(CC)C(=O)Nc1cc(OC)cc(OC)c1. The number of rotatable bonds is 6. The molecule has 2 amide bonds. The first-order valence-corrected chi connectivity index (χ1v) is 6.43. The van der Waals surface area contributed by atoms with Gasteiger partial charge in [-0.1, -0.05) is 12.2 Å². The van der Waals surface area contributed by atoms with Crippen LogP contribution in [0.3, 0.4) is 0 Å². The van der Waals surface area contributed by atoms with E-state index >= 15 is 0 Å². The van der Waals surface area contributed by atoms with E-state index in [4.69, 9.17) is 9.47 Å². The van der Waals surface area contributed by atoms with Crippen molar-refractivity contribution in [2.45, 2.75) is 13.8 Å². The second-order valence-corrected chi connectivity index (χ2v) is 4.50. The molecular weight excluding hydrogens is 256 g/mol. The first-order valence-electron chi connectivity index (χ1n) is 6.43. The summed E-state index contributed by atoms with van der Waals surface area (Å²) in [6, 6.07) is 5.07. The fourth-order valence-electron chi connectivity index (χ4n) is 1.74. The van der Waals surface area contributed by atoms with Gasteiger partial charge in [0.05, 0.1) is 14.2 Å². The number of amides is 2. The van der Waals surface area contributed by atoms with E-state index in [2.05, 4.69) is 11.9 Å². The molecule has 0 unspecified atom stereocenters. The van der Waals surface area contributed by atoms with Gasteiger partial charge in [0.15, 0.2) is 0 Å². The van der Waals surface area contributed by atoms with Gasteiger partial charge in [-0.25, -0.2) is 4.79 Å². The Morgan fingerprint density at radius 1 is 1.25 bits per heavy atom. The zero-order valence-electron chi connectivity index (χ0n) is 12.5. The van der Waals surface area contributed by atoms with Crippen molar-refractivity contribution >= 4 is 11.7 Å². The van der Waals surface area contributed by atoms with E-state index in [1.807, 2.05) is 13.8 Å². The Balaban J connectivity index is 2.85. The number of anilines is 1. The number of benzene rings is 1. The minimum atomic E-state index is -0.175. The van der Waals surface area contributed by atoms with Gasteiger partial charge in [-0.05, 0) is 13.8 Å². The fraction of sp³-hybridized carbons (Fsp3) is 0.400. The molecule has 5 nitrogen and oxygen atoms in total. The largest absolute Gasteiger partial charge is 0.497 e. The summed E-state index contributed by atoms with van der Waals surface area (Å²) in [6.07, 6.45) is 0. The number of nitrogens with zero attached hydrogens (tertiary/aromatic N) is 1. The summed E-state index contributed by atoms with van der Waals surface area (Å²) in [5, 5.41) is 2.83. The lowest BCUT2D eigenvalue weighted by Crippen LogP contribution is -2.35. The molecular formula is C15H22N2O3. The Labute approximate surface area is 120 Å². The lowest BCUT2D eigenvalue weighted by molar-refractivity contribution is 0.218. The topological polar surface area (TPSA) is 50.8 Å². The minimum absolute atomic E-state index is 0.175. The minimum Gasteiger partial charge on any atom is -0.497 e. The first kappa shape index (κ1) is 15.9. The summed E-state index contributed by atoms with van der Waals surface area (Å²) in [4.78, 5) is 13.8. The summed E-state index contributed by atoms with van der Waals surface area (Å²) >= 11 is 0. The summed E-state index contributed by atoms with van der Waals surface area (Å²) in [5.74, 6) is 1.25. The molecule has 110 valence electrons. The van der Waals surface area contributed by atoms with E-state index < -0.39 is 0 Å². The fourth-order valence-corrected chi connectivity index (χ4v) is 1.74. The van der Waals surface area contributed by atoms with Crippen molar-refractivity contribution in [2.24, 2.45) is 0 Å². The Hall–Kier alpha value is -2.17. The standard InChI is InChI=1S/C15H22N2O3/c1-6-17(10-11(2)3)15(18)16-12-7-13(19-4)9-14(8-12)20-5/h7-9H,2,6,10H2,1,3-5H3,(H,16,18). The maximum Gasteiger partial charge on any atom is 0.322 e. The van der Waals surface area contributed by atoms with Crippen molar-refractivity contribution in [1.29, 1.82) is 0 Å². The number of urea groups is 1. The second kappa shape index (κ2) is 7.43. The van der Waals surface area contributed by atoms with Crippen molar-refractivity contribution in [3.05, 3.63) is 30.4 Å². The average Bonchev–Trinajstić information content (AvgIpc) is 2.43. The normalized spacial score (nSPS) is 9.80. The molecule has 0 bridgehead atoms. The molecule has 0 radical (unpaired) electrons. The van der Waals surface area contributed by atoms with Gasteiger partial charge in [-0.15, -0.1) is 0 Å². The molecule has 0 saturated carbocycles. The average molecular weight is 278 g/mol. The van der Waals surface area contributed by atoms with E-state index in [9.17, 15) is 4.79 Å². The second-order valence-electron chi connectivity index (χ2n) is 4.50. The van der Waals surface area contributed by atoms with Crippen LogP contribution >= 0.6 is 0 Å². The number of hydrogen-bond donors (Lipinski definition) is 1. The van der Waals surface area contributed by atoms with Crippen LogP contribution < -0.4 is 14.8 Å². The number of likely N-dealkylation sites (N-methyl/N-ethyl adjacent to an activating group) is 1. The van der Waals surface area contributed by atoms with Crippen molar-refractivity contribution in [3.63, 3.8) is 0 Å². The molecule has 1 aromatic carbocycles. The Kier molecular flexibility index (Phi) is 5.90. The predicted molar refractivity (Wildman–Crippen MR) is 80.6 cm³/mol. The molecule has 0 aliphatic carbocycles. The smallest absolute Gasteiger partial charge is 0.322 e.